The first-order chi connectivity index (χ1) is 19.6. The van der Waals surface area contributed by atoms with Gasteiger partial charge in [-0.2, -0.15) is 0 Å². The third-order valence-electron chi connectivity index (χ3n) is 7.64. The predicted molar refractivity (Wildman–Crippen MR) is 165 cm³/mol. The normalized spacial score (nSPS) is 17.3. The van der Waals surface area contributed by atoms with Crippen molar-refractivity contribution in [1.29, 1.82) is 0 Å². The van der Waals surface area contributed by atoms with Crippen LogP contribution >= 0.6 is 0 Å². The Kier molecular flexibility index (Phi) is 7.82. The molecule has 3 aromatic rings. The molecule has 0 spiro atoms. The minimum atomic E-state index is -0.276. The third-order valence-corrected chi connectivity index (χ3v) is 7.64. The molecule has 0 unspecified atom stereocenters. The third kappa shape index (κ3) is 5.81. The SMILES string of the molecule is C=CC(=O)Nc1cc(Nc2nccc(C3=CC(C)(C)c4nc(C)ccc43)n2)c(OC)cc1N1CCC[C@@H]1CN(C)C. The molecule has 0 radical (unpaired) electrons. The number of aromatic nitrogens is 3. The fourth-order valence-corrected chi connectivity index (χ4v) is 5.79. The molecule has 1 atom stereocenters. The number of amides is 1. The van der Waals surface area contributed by atoms with Crippen molar-refractivity contribution in [3.63, 3.8) is 0 Å². The molecular weight excluding hydrogens is 514 g/mol. The van der Waals surface area contributed by atoms with Crippen LogP contribution in [0, 0.1) is 6.92 Å². The van der Waals surface area contributed by atoms with Gasteiger partial charge in [-0.15, -0.1) is 0 Å². The van der Waals surface area contributed by atoms with Crippen molar-refractivity contribution in [3.05, 3.63) is 77.9 Å². The summed E-state index contributed by atoms with van der Waals surface area (Å²) in [5, 5.41) is 6.34. The van der Waals surface area contributed by atoms with Gasteiger partial charge in [-0.3, -0.25) is 9.78 Å². The van der Waals surface area contributed by atoms with Crippen molar-refractivity contribution in [1.82, 2.24) is 19.9 Å². The molecule has 2 aromatic heterocycles. The summed E-state index contributed by atoms with van der Waals surface area (Å²) >= 11 is 0. The Morgan fingerprint density at radius 1 is 1.22 bits per heavy atom. The maximum Gasteiger partial charge on any atom is 0.247 e. The average molecular weight is 554 g/mol. The molecule has 2 N–H and O–H groups in total. The maximum atomic E-state index is 12.5. The van der Waals surface area contributed by atoms with Gasteiger partial charge in [-0.25, -0.2) is 9.97 Å². The van der Waals surface area contributed by atoms with E-state index in [1.165, 1.54) is 6.08 Å². The van der Waals surface area contributed by atoms with Crippen LogP contribution in [0.5, 0.6) is 5.75 Å². The first-order valence-corrected chi connectivity index (χ1v) is 14.0. The lowest BCUT2D eigenvalue weighted by Crippen LogP contribution is -2.38. The highest BCUT2D eigenvalue weighted by molar-refractivity contribution is 6.02. The van der Waals surface area contributed by atoms with Crippen molar-refractivity contribution in [2.24, 2.45) is 0 Å². The van der Waals surface area contributed by atoms with Gasteiger partial charge in [0.25, 0.3) is 0 Å². The van der Waals surface area contributed by atoms with E-state index in [2.05, 4.69) is 72.1 Å². The zero-order valence-electron chi connectivity index (χ0n) is 24.8. The van der Waals surface area contributed by atoms with E-state index in [1.807, 2.05) is 31.2 Å². The van der Waals surface area contributed by atoms with E-state index < -0.39 is 0 Å². The van der Waals surface area contributed by atoms with Crippen molar-refractivity contribution in [2.45, 2.75) is 45.1 Å². The molecule has 0 bridgehead atoms. The van der Waals surface area contributed by atoms with Crippen LogP contribution in [0.25, 0.3) is 5.57 Å². The zero-order chi connectivity index (χ0) is 29.3. The summed E-state index contributed by atoms with van der Waals surface area (Å²) in [7, 11) is 5.80. The Morgan fingerprint density at radius 3 is 2.76 bits per heavy atom. The van der Waals surface area contributed by atoms with Crippen LogP contribution in [0.4, 0.5) is 23.0 Å². The first-order valence-electron chi connectivity index (χ1n) is 14.0. The molecule has 3 heterocycles. The number of anilines is 4. The second-order valence-electron chi connectivity index (χ2n) is 11.5. The topological polar surface area (TPSA) is 95.5 Å². The number of methoxy groups -OCH3 is 1. The van der Waals surface area contributed by atoms with Crippen LogP contribution in [0.2, 0.25) is 0 Å². The van der Waals surface area contributed by atoms with E-state index in [-0.39, 0.29) is 11.3 Å². The quantitative estimate of drug-likeness (QED) is 0.344. The van der Waals surface area contributed by atoms with Gasteiger partial charge in [0, 0.05) is 53.6 Å². The second-order valence-corrected chi connectivity index (χ2v) is 11.5. The molecule has 1 amide bonds. The van der Waals surface area contributed by atoms with Gasteiger partial charge in [0.1, 0.15) is 5.75 Å². The molecule has 1 aromatic carbocycles. The summed E-state index contributed by atoms with van der Waals surface area (Å²) in [5.74, 6) is 0.781. The molecule has 41 heavy (non-hydrogen) atoms. The van der Waals surface area contributed by atoms with Gasteiger partial charge in [-0.1, -0.05) is 32.6 Å². The van der Waals surface area contributed by atoms with Gasteiger partial charge in [0.05, 0.1) is 35.6 Å². The summed E-state index contributed by atoms with van der Waals surface area (Å²) in [6, 6.07) is 10.3. The molecule has 9 heteroatoms. The summed E-state index contributed by atoms with van der Waals surface area (Å²) < 4.78 is 5.83. The fourth-order valence-electron chi connectivity index (χ4n) is 5.79. The molecule has 1 fully saturated rings. The number of carbonyl (C=O) groups is 1. The van der Waals surface area contributed by atoms with Crippen molar-refractivity contribution < 1.29 is 9.53 Å². The lowest BCUT2D eigenvalue weighted by atomic mass is 9.91. The van der Waals surface area contributed by atoms with E-state index >= 15 is 0 Å². The lowest BCUT2D eigenvalue weighted by Gasteiger charge is -2.31. The maximum absolute atomic E-state index is 12.5. The molecule has 1 aliphatic carbocycles. The summed E-state index contributed by atoms with van der Waals surface area (Å²) in [6.07, 6.45) is 7.41. The number of carbonyl (C=O) groups excluding carboxylic acids is 1. The van der Waals surface area contributed by atoms with E-state index in [4.69, 9.17) is 14.7 Å². The summed E-state index contributed by atoms with van der Waals surface area (Å²) in [4.78, 5) is 31.2. The van der Waals surface area contributed by atoms with E-state index in [0.717, 1.165) is 59.8 Å². The van der Waals surface area contributed by atoms with Gasteiger partial charge in [-0.05, 0) is 58.1 Å². The summed E-state index contributed by atoms with van der Waals surface area (Å²) in [5.41, 5.74) is 7.00. The van der Waals surface area contributed by atoms with Crippen LogP contribution in [0.1, 0.15) is 49.3 Å². The monoisotopic (exact) mass is 553 g/mol. The molecular formula is C32H39N7O2. The number of hydrogen-bond donors (Lipinski definition) is 2. The smallest absolute Gasteiger partial charge is 0.247 e. The number of pyridine rings is 1. The molecule has 9 nitrogen and oxygen atoms in total. The van der Waals surface area contributed by atoms with Gasteiger partial charge in [0.2, 0.25) is 11.9 Å². The lowest BCUT2D eigenvalue weighted by molar-refractivity contribution is -0.111. The number of benzene rings is 1. The molecule has 214 valence electrons. The largest absolute Gasteiger partial charge is 0.494 e. The van der Waals surface area contributed by atoms with E-state index in [0.29, 0.717) is 29.1 Å². The highest BCUT2D eigenvalue weighted by atomic mass is 16.5. The molecule has 5 rings (SSSR count). The average Bonchev–Trinajstić information content (AvgIpc) is 3.49. The summed E-state index contributed by atoms with van der Waals surface area (Å²) in [6.45, 7) is 11.8. The Hall–Kier alpha value is -4.24. The van der Waals surface area contributed by atoms with Crippen molar-refractivity contribution in [3.8, 4) is 5.75 Å². The Morgan fingerprint density at radius 2 is 2.02 bits per heavy atom. The number of fused-ring (bicyclic) bond motifs is 1. The number of rotatable bonds is 9. The number of nitrogens with zero attached hydrogens (tertiary/aromatic N) is 5. The fraction of sp³-hybridized carbons (Fsp3) is 0.375. The van der Waals surface area contributed by atoms with Crippen LogP contribution in [-0.2, 0) is 10.2 Å². The Labute approximate surface area is 242 Å². The van der Waals surface area contributed by atoms with Gasteiger partial charge >= 0.3 is 0 Å². The van der Waals surface area contributed by atoms with E-state index in [9.17, 15) is 4.79 Å². The van der Waals surface area contributed by atoms with Crippen LogP contribution in [0.15, 0.2) is 55.3 Å². The standard InChI is InChI=1S/C32H39N7O2/c1-8-29(40)35-25-16-26(28(41-7)17-27(25)39-15-9-10-21(39)19-38(5)6)37-31-33-14-13-24(36-31)23-18-32(3,4)30-22(23)12-11-20(2)34-30/h8,11-14,16-18,21H,1,9-10,15,19H2,2-7H3,(H,35,40)(H,33,36,37)/t21-/m1/s1. The molecule has 1 aliphatic heterocycles. The van der Waals surface area contributed by atoms with Gasteiger partial charge in [0.15, 0.2) is 0 Å². The number of ether oxygens (including phenoxy) is 1. The van der Waals surface area contributed by atoms with Crippen LogP contribution in [-0.4, -0.2) is 66.1 Å². The molecule has 0 saturated carbocycles. The highest BCUT2D eigenvalue weighted by Crippen LogP contribution is 2.43. The van der Waals surface area contributed by atoms with Gasteiger partial charge < -0.3 is 25.2 Å². The number of nitrogens with one attached hydrogen (secondary N) is 2. The van der Waals surface area contributed by atoms with Crippen molar-refractivity contribution >= 4 is 34.5 Å². The highest BCUT2D eigenvalue weighted by Gasteiger charge is 2.33. The number of likely N-dealkylation sites (N-methyl/N-ethyl adjacent to an activating group) is 1. The second kappa shape index (κ2) is 11.3. The van der Waals surface area contributed by atoms with E-state index in [1.54, 1.807) is 13.3 Å². The van der Waals surface area contributed by atoms with Crippen molar-refractivity contribution in [2.75, 3.05) is 49.8 Å². The minimum Gasteiger partial charge on any atom is -0.494 e. The molecule has 1 saturated heterocycles. The number of aryl methyl sites for hydroxylation is 1. The number of allylic oxidation sites excluding steroid dienone is 1. The first kappa shape index (κ1) is 28.3. The predicted octanol–water partition coefficient (Wildman–Crippen LogP) is 5.31. The molecule has 2 aliphatic rings. The Balaban J connectivity index is 1.51. The minimum absolute atomic E-state index is 0.202. The van der Waals surface area contributed by atoms with Crippen LogP contribution < -0.4 is 20.3 Å². The van der Waals surface area contributed by atoms with Crippen LogP contribution in [0.3, 0.4) is 0 Å². The zero-order valence-corrected chi connectivity index (χ0v) is 24.8. The Bertz CT molecular complexity index is 1510. The number of hydrogen-bond acceptors (Lipinski definition) is 8.